The fraction of sp³-hybridized carbons (Fsp3) is 0.241. The summed E-state index contributed by atoms with van der Waals surface area (Å²) in [6, 6.07) is 24.2. The average molecular weight is 537 g/mol. The van der Waals surface area contributed by atoms with Crippen molar-refractivity contribution in [2.75, 3.05) is 11.9 Å². The highest BCUT2D eigenvalue weighted by Gasteiger charge is 2.40. The Hall–Kier alpha value is -4.47. The molecule has 0 aliphatic carbocycles. The molecule has 3 amide bonds. The van der Waals surface area contributed by atoms with Gasteiger partial charge in [0.1, 0.15) is 0 Å². The van der Waals surface area contributed by atoms with Gasteiger partial charge in [0.15, 0.2) is 0 Å². The van der Waals surface area contributed by atoms with E-state index in [1.165, 1.54) is 17.0 Å². The third-order valence-electron chi connectivity index (χ3n) is 6.62. The van der Waals surface area contributed by atoms with Crippen molar-refractivity contribution in [2.45, 2.75) is 31.1 Å². The molecular formula is C29H27F3N4O3. The molecule has 202 valence electrons. The molecule has 0 bridgehead atoms. The van der Waals surface area contributed by atoms with Gasteiger partial charge in [0.05, 0.1) is 23.2 Å². The lowest BCUT2D eigenvalue weighted by Gasteiger charge is -2.27. The normalized spacial score (nSPS) is 16.9. The second-order valence-electron chi connectivity index (χ2n) is 9.22. The lowest BCUT2D eigenvalue weighted by atomic mass is 9.81. The van der Waals surface area contributed by atoms with Crippen molar-refractivity contribution in [1.82, 2.24) is 5.32 Å². The number of rotatable bonds is 8. The van der Waals surface area contributed by atoms with E-state index in [0.717, 1.165) is 0 Å². The molecule has 3 aromatic carbocycles. The fourth-order valence-corrected chi connectivity index (χ4v) is 4.69. The van der Waals surface area contributed by atoms with Gasteiger partial charge in [-0.3, -0.25) is 14.4 Å². The van der Waals surface area contributed by atoms with Gasteiger partial charge in [0.25, 0.3) is 5.91 Å². The number of hydrogen-bond donors (Lipinski definition) is 2. The fourth-order valence-electron chi connectivity index (χ4n) is 4.69. The smallest absolute Gasteiger partial charge is 0.369 e. The van der Waals surface area contributed by atoms with Crippen molar-refractivity contribution >= 4 is 29.1 Å². The van der Waals surface area contributed by atoms with Crippen molar-refractivity contribution < 1.29 is 27.6 Å². The number of nitrogens with one attached hydrogen (secondary N) is 1. The molecule has 4 rings (SSSR count). The van der Waals surface area contributed by atoms with Crippen molar-refractivity contribution in [3.63, 3.8) is 0 Å². The molecule has 3 N–H and O–H groups in total. The Morgan fingerprint density at radius 2 is 1.56 bits per heavy atom. The second-order valence-corrected chi connectivity index (χ2v) is 9.22. The van der Waals surface area contributed by atoms with Crippen LogP contribution in [0.2, 0.25) is 0 Å². The van der Waals surface area contributed by atoms with Crippen LogP contribution in [-0.4, -0.2) is 42.8 Å². The van der Waals surface area contributed by atoms with Crippen LogP contribution in [-0.2, 0) is 14.4 Å². The first-order chi connectivity index (χ1) is 18.6. The predicted molar refractivity (Wildman–Crippen MR) is 141 cm³/mol. The number of aliphatic imine (C=N–C) groups is 1. The number of carbonyl (C=O) groups excluding carboxylic acids is 3. The van der Waals surface area contributed by atoms with E-state index in [9.17, 15) is 27.6 Å². The minimum atomic E-state index is -4.55. The van der Waals surface area contributed by atoms with E-state index in [2.05, 4.69) is 10.3 Å². The highest BCUT2D eigenvalue weighted by atomic mass is 19.4. The molecule has 1 heterocycles. The number of hydrogen-bond acceptors (Lipinski definition) is 4. The minimum Gasteiger partial charge on any atom is -0.369 e. The summed E-state index contributed by atoms with van der Waals surface area (Å²) in [6.45, 7) is 0. The second kappa shape index (κ2) is 11.5. The number of amides is 3. The van der Waals surface area contributed by atoms with Crippen molar-refractivity contribution in [3.8, 4) is 0 Å². The van der Waals surface area contributed by atoms with E-state index in [1.54, 1.807) is 43.4 Å². The molecule has 0 fully saturated rings. The Balaban J connectivity index is 1.75. The van der Waals surface area contributed by atoms with Crippen LogP contribution in [0.1, 0.15) is 35.4 Å². The Labute approximate surface area is 223 Å². The van der Waals surface area contributed by atoms with E-state index in [1.807, 2.05) is 36.4 Å². The van der Waals surface area contributed by atoms with Crippen LogP contribution in [0.5, 0.6) is 0 Å². The summed E-state index contributed by atoms with van der Waals surface area (Å²) in [5.41, 5.74) is 8.20. The highest BCUT2D eigenvalue weighted by Crippen LogP contribution is 2.33. The molecule has 0 saturated carbocycles. The maximum Gasteiger partial charge on any atom is 0.389 e. The maximum atomic E-state index is 13.7. The monoisotopic (exact) mass is 536 g/mol. The summed E-state index contributed by atoms with van der Waals surface area (Å²) >= 11 is 0. The van der Waals surface area contributed by atoms with Gasteiger partial charge in [0, 0.05) is 24.6 Å². The maximum absolute atomic E-state index is 13.7. The van der Waals surface area contributed by atoms with Gasteiger partial charge in [-0.2, -0.15) is 13.2 Å². The van der Waals surface area contributed by atoms with Crippen molar-refractivity contribution in [3.05, 3.63) is 102 Å². The first kappa shape index (κ1) is 27.6. The molecule has 1 aliphatic heterocycles. The van der Waals surface area contributed by atoms with E-state index < -0.39 is 54.7 Å². The summed E-state index contributed by atoms with van der Waals surface area (Å²) in [5, 5.41) is 2.60. The first-order valence-electron chi connectivity index (χ1n) is 12.3. The number of benzene rings is 3. The average Bonchev–Trinajstić information content (AvgIpc) is 3.02. The predicted octanol–water partition coefficient (Wildman–Crippen LogP) is 4.17. The van der Waals surface area contributed by atoms with Gasteiger partial charge in [0.2, 0.25) is 18.0 Å². The number of primary amides is 1. The molecule has 2 unspecified atom stereocenters. The molecule has 1 aliphatic rings. The first-order valence-corrected chi connectivity index (χ1v) is 12.3. The van der Waals surface area contributed by atoms with E-state index in [0.29, 0.717) is 28.1 Å². The highest BCUT2D eigenvalue weighted by molar-refractivity contribution is 6.20. The molecule has 39 heavy (non-hydrogen) atoms. The molecule has 3 atom stereocenters. The number of halogens is 3. The third-order valence-corrected chi connectivity index (χ3v) is 6.62. The number of nitrogens with zero attached hydrogens (tertiary/aromatic N) is 2. The van der Waals surface area contributed by atoms with Crippen molar-refractivity contribution in [1.29, 1.82) is 0 Å². The van der Waals surface area contributed by atoms with Crippen LogP contribution in [0.15, 0.2) is 89.9 Å². The quantitative estimate of drug-likeness (QED) is 0.452. The zero-order valence-corrected chi connectivity index (χ0v) is 21.1. The summed E-state index contributed by atoms with van der Waals surface area (Å²) in [5.74, 6) is -5.28. The largest absolute Gasteiger partial charge is 0.389 e. The molecule has 0 aromatic heterocycles. The van der Waals surface area contributed by atoms with Gasteiger partial charge in [-0.05, 0) is 18.1 Å². The minimum absolute atomic E-state index is 0.297. The number of likely N-dealkylation sites (N-methyl/N-ethyl adjacent to an activating group) is 1. The van der Waals surface area contributed by atoms with Crippen molar-refractivity contribution in [2.24, 2.45) is 16.6 Å². The zero-order valence-electron chi connectivity index (χ0n) is 21.1. The van der Waals surface area contributed by atoms with Gasteiger partial charge in [-0.15, -0.1) is 0 Å². The molecule has 0 radical (unpaired) electrons. The standard InChI is InChI=1S/C29H27F3N4O3/c1-36-22-15-9-8-14-20(22)24(19-12-6-3-7-13-19)34-26(28(36)39)35-27(38)23(18-10-4-2-5-11-18)21(25(33)37)16-17-29(30,31)32/h2-15,21,23,26H,16-17H2,1H3,(H2,33,37)(H,35,38)/t21?,23?,26-/m1/s1. The zero-order chi connectivity index (χ0) is 28.2. The number of carbonyl (C=O) groups is 3. The molecular weight excluding hydrogens is 509 g/mol. The molecule has 7 nitrogen and oxygen atoms in total. The van der Waals surface area contributed by atoms with Crippen LogP contribution in [0.3, 0.4) is 0 Å². The Morgan fingerprint density at radius 3 is 2.18 bits per heavy atom. The number of para-hydroxylation sites is 1. The summed E-state index contributed by atoms with van der Waals surface area (Å²) < 4.78 is 39.2. The summed E-state index contributed by atoms with van der Waals surface area (Å²) in [6.07, 6.45) is -7.94. The van der Waals surface area contributed by atoms with Crippen LogP contribution in [0.4, 0.5) is 18.9 Å². The SMILES string of the molecule is CN1C(=O)[C@@H](NC(=O)C(c2ccccc2)C(CCC(F)(F)F)C(N)=O)N=C(c2ccccc2)c2ccccc21. The van der Waals surface area contributed by atoms with Crippen LogP contribution >= 0.6 is 0 Å². The lowest BCUT2D eigenvalue weighted by Crippen LogP contribution is -2.49. The Morgan fingerprint density at radius 1 is 0.974 bits per heavy atom. The number of nitrogens with two attached hydrogens (primary N) is 1. The van der Waals surface area contributed by atoms with E-state index in [4.69, 9.17) is 5.73 Å². The molecule has 0 saturated heterocycles. The summed E-state index contributed by atoms with van der Waals surface area (Å²) in [7, 11) is 1.55. The van der Waals surface area contributed by atoms with Crippen LogP contribution in [0, 0.1) is 5.92 Å². The number of fused-ring (bicyclic) bond motifs is 1. The number of alkyl halides is 3. The van der Waals surface area contributed by atoms with Gasteiger partial charge in [-0.25, -0.2) is 4.99 Å². The Bertz CT molecular complexity index is 1380. The van der Waals surface area contributed by atoms with Gasteiger partial charge < -0.3 is 16.0 Å². The van der Waals surface area contributed by atoms with Gasteiger partial charge >= 0.3 is 6.18 Å². The molecule has 0 spiro atoms. The lowest BCUT2D eigenvalue weighted by molar-refractivity contribution is -0.143. The number of anilines is 1. The topological polar surface area (TPSA) is 105 Å². The Kier molecular flexibility index (Phi) is 8.13. The molecule has 10 heteroatoms. The number of benzodiazepines with no additional fused rings is 1. The van der Waals surface area contributed by atoms with Crippen LogP contribution < -0.4 is 16.0 Å². The van der Waals surface area contributed by atoms with E-state index in [-0.39, 0.29) is 0 Å². The van der Waals surface area contributed by atoms with E-state index >= 15 is 0 Å². The molecule has 3 aromatic rings. The third kappa shape index (κ3) is 6.34. The van der Waals surface area contributed by atoms with Crippen LogP contribution in [0.25, 0.3) is 0 Å². The van der Waals surface area contributed by atoms with Gasteiger partial charge in [-0.1, -0.05) is 78.9 Å². The summed E-state index contributed by atoms with van der Waals surface area (Å²) in [4.78, 5) is 45.6.